The number of aromatic nitrogens is 2. The van der Waals surface area contributed by atoms with Crippen LogP contribution in [0.1, 0.15) is 38.3 Å². The molecule has 1 aliphatic carbocycles. The van der Waals surface area contributed by atoms with Crippen molar-refractivity contribution in [2.24, 2.45) is 5.92 Å². The lowest BCUT2D eigenvalue weighted by molar-refractivity contribution is 0.00715. The maximum absolute atomic E-state index is 5.81. The highest BCUT2D eigenvalue weighted by molar-refractivity contribution is 6.29. The van der Waals surface area contributed by atoms with E-state index in [4.69, 9.17) is 16.3 Å². The summed E-state index contributed by atoms with van der Waals surface area (Å²) in [6, 6.07) is 0. The van der Waals surface area contributed by atoms with Crippen molar-refractivity contribution in [2.45, 2.75) is 45.3 Å². The molecule has 1 heterocycles. The van der Waals surface area contributed by atoms with E-state index in [9.17, 15) is 0 Å². The fraction of sp³-hybridized carbons (Fsp3) is 0.667. The van der Waals surface area contributed by atoms with Crippen molar-refractivity contribution in [2.75, 3.05) is 0 Å². The molecule has 1 fully saturated rings. The van der Waals surface area contributed by atoms with Gasteiger partial charge in [-0.05, 0) is 31.6 Å². The van der Waals surface area contributed by atoms with Crippen molar-refractivity contribution in [3.05, 3.63) is 23.2 Å². The molecule has 2 rings (SSSR count). The molecular weight excluding hydrogens is 224 g/mol. The van der Waals surface area contributed by atoms with E-state index in [0.717, 1.165) is 11.6 Å². The first-order valence-corrected chi connectivity index (χ1v) is 6.20. The molecule has 16 heavy (non-hydrogen) atoms. The Morgan fingerprint density at radius 3 is 2.62 bits per heavy atom. The van der Waals surface area contributed by atoms with Crippen LogP contribution in [-0.2, 0) is 11.3 Å². The molecule has 1 saturated carbocycles. The standard InChI is InChI=1S/C12H17ClN2O/c1-9-2-4-11(5-3-9)16-8-10-6-15-12(13)7-14-10/h6-7,9,11H,2-5,8H2,1H3. The second kappa shape index (κ2) is 5.60. The van der Waals surface area contributed by atoms with E-state index >= 15 is 0 Å². The van der Waals surface area contributed by atoms with E-state index in [1.807, 2.05) is 0 Å². The molecule has 0 amide bonds. The first-order chi connectivity index (χ1) is 7.74. The maximum Gasteiger partial charge on any atom is 0.147 e. The summed E-state index contributed by atoms with van der Waals surface area (Å²) in [6.07, 6.45) is 8.52. The smallest absolute Gasteiger partial charge is 0.147 e. The van der Waals surface area contributed by atoms with Gasteiger partial charge in [0, 0.05) is 0 Å². The van der Waals surface area contributed by atoms with Crippen LogP contribution in [0.3, 0.4) is 0 Å². The molecule has 3 nitrogen and oxygen atoms in total. The molecule has 0 saturated heterocycles. The van der Waals surface area contributed by atoms with Gasteiger partial charge in [-0.2, -0.15) is 0 Å². The Bertz CT molecular complexity index is 320. The Morgan fingerprint density at radius 2 is 2.00 bits per heavy atom. The molecule has 0 atom stereocenters. The minimum atomic E-state index is 0.397. The molecule has 0 unspecified atom stereocenters. The molecule has 0 N–H and O–H groups in total. The highest BCUT2D eigenvalue weighted by Gasteiger charge is 2.18. The van der Waals surface area contributed by atoms with E-state index in [2.05, 4.69) is 16.9 Å². The van der Waals surface area contributed by atoms with Crippen LogP contribution in [0.5, 0.6) is 0 Å². The Balaban J connectivity index is 1.77. The zero-order valence-corrected chi connectivity index (χ0v) is 10.3. The molecule has 88 valence electrons. The summed E-state index contributed by atoms with van der Waals surface area (Å²) >= 11 is 5.66. The lowest BCUT2D eigenvalue weighted by atomic mass is 9.89. The fourth-order valence-electron chi connectivity index (χ4n) is 2.01. The normalized spacial score (nSPS) is 25.6. The second-order valence-electron chi connectivity index (χ2n) is 4.52. The predicted molar refractivity (Wildman–Crippen MR) is 63.3 cm³/mol. The molecular formula is C12H17ClN2O. The number of hydrogen-bond donors (Lipinski definition) is 0. The van der Waals surface area contributed by atoms with Gasteiger partial charge < -0.3 is 4.74 Å². The molecule has 1 aliphatic rings. The number of ether oxygens (including phenoxy) is 1. The van der Waals surface area contributed by atoms with Gasteiger partial charge in [0.1, 0.15) is 5.15 Å². The van der Waals surface area contributed by atoms with Gasteiger partial charge in [0.05, 0.1) is 30.8 Å². The van der Waals surface area contributed by atoms with E-state index in [1.54, 1.807) is 12.4 Å². The van der Waals surface area contributed by atoms with Gasteiger partial charge in [-0.3, -0.25) is 4.98 Å². The lowest BCUT2D eigenvalue weighted by Crippen LogP contribution is -2.20. The van der Waals surface area contributed by atoms with Crippen molar-refractivity contribution in [1.82, 2.24) is 9.97 Å². The lowest BCUT2D eigenvalue weighted by Gasteiger charge is -2.26. The van der Waals surface area contributed by atoms with Crippen LogP contribution in [0.2, 0.25) is 5.15 Å². The monoisotopic (exact) mass is 240 g/mol. The van der Waals surface area contributed by atoms with E-state index < -0.39 is 0 Å². The van der Waals surface area contributed by atoms with Crippen molar-refractivity contribution in [1.29, 1.82) is 0 Å². The van der Waals surface area contributed by atoms with Gasteiger partial charge in [-0.15, -0.1) is 0 Å². The van der Waals surface area contributed by atoms with Gasteiger partial charge in [0.25, 0.3) is 0 Å². The van der Waals surface area contributed by atoms with Gasteiger partial charge in [0.2, 0.25) is 0 Å². The van der Waals surface area contributed by atoms with Crippen LogP contribution in [0.25, 0.3) is 0 Å². The quantitative estimate of drug-likeness (QED) is 0.814. The van der Waals surface area contributed by atoms with Crippen molar-refractivity contribution in [3.63, 3.8) is 0 Å². The Labute approximate surface area is 101 Å². The summed E-state index contributed by atoms with van der Waals surface area (Å²) in [6.45, 7) is 2.85. The summed E-state index contributed by atoms with van der Waals surface area (Å²) in [5, 5.41) is 0.426. The molecule has 0 bridgehead atoms. The van der Waals surface area contributed by atoms with Gasteiger partial charge in [0.15, 0.2) is 0 Å². The Hall–Kier alpha value is -0.670. The zero-order valence-electron chi connectivity index (χ0n) is 9.53. The average molecular weight is 241 g/mol. The second-order valence-corrected chi connectivity index (χ2v) is 4.91. The van der Waals surface area contributed by atoms with Crippen LogP contribution >= 0.6 is 11.6 Å². The van der Waals surface area contributed by atoms with E-state index in [1.165, 1.54) is 25.7 Å². The van der Waals surface area contributed by atoms with Gasteiger partial charge in [-0.25, -0.2) is 4.98 Å². The molecule has 1 aromatic heterocycles. The van der Waals surface area contributed by atoms with Crippen LogP contribution in [0, 0.1) is 5.92 Å². The molecule has 4 heteroatoms. The molecule has 0 aliphatic heterocycles. The Kier molecular flexibility index (Phi) is 4.13. The van der Waals surface area contributed by atoms with Gasteiger partial charge >= 0.3 is 0 Å². The van der Waals surface area contributed by atoms with Crippen LogP contribution in [0.15, 0.2) is 12.4 Å². The summed E-state index contributed by atoms with van der Waals surface area (Å²) in [5.41, 5.74) is 0.850. The zero-order chi connectivity index (χ0) is 11.4. The highest BCUT2D eigenvalue weighted by atomic mass is 35.5. The number of halogens is 1. The van der Waals surface area contributed by atoms with Crippen LogP contribution in [-0.4, -0.2) is 16.1 Å². The maximum atomic E-state index is 5.81. The summed E-state index contributed by atoms with van der Waals surface area (Å²) < 4.78 is 5.81. The topological polar surface area (TPSA) is 35.0 Å². The fourth-order valence-corrected chi connectivity index (χ4v) is 2.11. The average Bonchev–Trinajstić information content (AvgIpc) is 2.30. The number of hydrogen-bond acceptors (Lipinski definition) is 3. The predicted octanol–water partition coefficient (Wildman–Crippen LogP) is 3.23. The van der Waals surface area contributed by atoms with Crippen molar-refractivity contribution >= 4 is 11.6 Å². The summed E-state index contributed by atoms with van der Waals surface area (Å²) in [5.74, 6) is 0.857. The third kappa shape index (κ3) is 3.42. The summed E-state index contributed by atoms with van der Waals surface area (Å²) in [4.78, 5) is 8.14. The minimum Gasteiger partial charge on any atom is -0.372 e. The number of nitrogens with zero attached hydrogens (tertiary/aromatic N) is 2. The first kappa shape index (κ1) is 11.8. The van der Waals surface area contributed by atoms with Crippen molar-refractivity contribution < 1.29 is 4.74 Å². The van der Waals surface area contributed by atoms with Crippen molar-refractivity contribution in [3.8, 4) is 0 Å². The first-order valence-electron chi connectivity index (χ1n) is 5.82. The third-order valence-electron chi connectivity index (χ3n) is 3.10. The molecule has 0 spiro atoms. The van der Waals surface area contributed by atoms with E-state index in [0.29, 0.717) is 17.9 Å². The molecule has 0 radical (unpaired) electrons. The highest BCUT2D eigenvalue weighted by Crippen LogP contribution is 2.25. The largest absolute Gasteiger partial charge is 0.372 e. The van der Waals surface area contributed by atoms with Crippen LogP contribution < -0.4 is 0 Å². The van der Waals surface area contributed by atoms with E-state index in [-0.39, 0.29) is 0 Å². The molecule has 1 aromatic rings. The SMILES string of the molecule is CC1CCC(OCc2cnc(Cl)cn2)CC1. The van der Waals surface area contributed by atoms with Gasteiger partial charge in [-0.1, -0.05) is 18.5 Å². The number of rotatable bonds is 3. The minimum absolute atomic E-state index is 0.397. The Morgan fingerprint density at radius 1 is 1.25 bits per heavy atom. The third-order valence-corrected chi connectivity index (χ3v) is 3.30. The summed E-state index contributed by atoms with van der Waals surface area (Å²) in [7, 11) is 0. The van der Waals surface area contributed by atoms with Crippen LogP contribution in [0.4, 0.5) is 0 Å². The molecule has 0 aromatic carbocycles.